The average Bonchev–Trinajstić information content (AvgIpc) is 2.83. The minimum Gasteiger partial charge on any atom is -0.480 e. The summed E-state index contributed by atoms with van der Waals surface area (Å²) in [6.45, 7) is 4.37. The van der Waals surface area contributed by atoms with Crippen molar-refractivity contribution in [1.82, 2.24) is 15.8 Å². The zero-order chi connectivity index (χ0) is 25.6. The molecule has 2 atom stereocenters. The molecular formula is C25H30N4O6. The first-order chi connectivity index (χ1) is 16.7. The number of nitro benzene ring substituents is 1. The molecule has 0 saturated heterocycles. The maximum Gasteiger partial charge on any atom is 0.336 e. The van der Waals surface area contributed by atoms with E-state index in [-0.39, 0.29) is 24.3 Å². The van der Waals surface area contributed by atoms with Gasteiger partial charge in [0.25, 0.3) is 5.69 Å². The van der Waals surface area contributed by atoms with E-state index >= 15 is 0 Å². The Kier molecular flexibility index (Phi) is 8.21. The number of hydrazine groups is 1. The number of rotatable bonds is 10. The van der Waals surface area contributed by atoms with E-state index in [4.69, 9.17) is 4.74 Å². The van der Waals surface area contributed by atoms with Crippen molar-refractivity contribution in [3.05, 3.63) is 87.1 Å². The number of carboxylic acid groups (broad SMARTS) is 1. The van der Waals surface area contributed by atoms with Crippen molar-refractivity contribution in [2.75, 3.05) is 20.2 Å². The van der Waals surface area contributed by atoms with Gasteiger partial charge in [0.1, 0.15) is 5.54 Å². The molecule has 10 heteroatoms. The summed E-state index contributed by atoms with van der Waals surface area (Å²) in [6, 6.07) is 15.5. The van der Waals surface area contributed by atoms with Gasteiger partial charge < -0.3 is 20.2 Å². The number of carboxylic acids is 1. The van der Waals surface area contributed by atoms with E-state index in [9.17, 15) is 24.8 Å². The fourth-order valence-electron chi connectivity index (χ4n) is 4.39. The van der Waals surface area contributed by atoms with Gasteiger partial charge in [0.15, 0.2) is 0 Å². The minimum atomic E-state index is -1.68. The number of nitro groups is 1. The maximum atomic E-state index is 13.0. The topological polar surface area (TPSA) is 134 Å². The highest BCUT2D eigenvalue weighted by atomic mass is 16.6. The fourth-order valence-corrected chi connectivity index (χ4v) is 4.39. The molecule has 0 spiro atoms. The minimum absolute atomic E-state index is 0.0994. The molecule has 0 aromatic heterocycles. The van der Waals surface area contributed by atoms with Crippen molar-refractivity contribution in [3.8, 4) is 0 Å². The van der Waals surface area contributed by atoms with Gasteiger partial charge in [0.2, 0.25) is 0 Å². The third kappa shape index (κ3) is 5.67. The van der Waals surface area contributed by atoms with Crippen LogP contribution >= 0.6 is 0 Å². The van der Waals surface area contributed by atoms with Gasteiger partial charge in [-0.15, -0.1) is 0 Å². The predicted octanol–water partition coefficient (Wildman–Crippen LogP) is 2.97. The summed E-state index contributed by atoms with van der Waals surface area (Å²) in [5.41, 5.74) is 5.83. The number of allylic oxidation sites excluding steroid dienone is 1. The Morgan fingerprint density at radius 3 is 2.54 bits per heavy atom. The summed E-state index contributed by atoms with van der Waals surface area (Å²) in [5.74, 6) is -2.90. The summed E-state index contributed by atoms with van der Waals surface area (Å²) in [4.78, 5) is 38.8. The van der Waals surface area contributed by atoms with Crippen molar-refractivity contribution in [2.24, 2.45) is 0 Å². The smallest absolute Gasteiger partial charge is 0.336 e. The standard InChI is InChI=1S/C25H30N4O6/c1-4-35-23(30)21-17(2)26-27-25(24(31)32,13-14-28(3)16-18-9-6-5-7-10-18)22(21)19-11-8-12-20(15-19)29(33)34/h5-12,15,22,26-27H,4,13-14,16H2,1-3H3,(H,31,32). The average molecular weight is 483 g/mol. The third-order valence-corrected chi connectivity index (χ3v) is 6.13. The van der Waals surface area contributed by atoms with E-state index in [0.29, 0.717) is 24.4 Å². The van der Waals surface area contributed by atoms with Gasteiger partial charge in [-0.05, 0) is 38.4 Å². The van der Waals surface area contributed by atoms with Gasteiger partial charge in [0.05, 0.1) is 17.1 Å². The lowest BCUT2D eigenvalue weighted by atomic mass is 9.71. The molecule has 0 fully saturated rings. The molecule has 0 saturated carbocycles. The van der Waals surface area contributed by atoms with Crippen molar-refractivity contribution in [2.45, 2.75) is 38.3 Å². The van der Waals surface area contributed by atoms with Gasteiger partial charge in [-0.3, -0.25) is 14.9 Å². The summed E-state index contributed by atoms with van der Waals surface area (Å²) >= 11 is 0. The predicted molar refractivity (Wildman–Crippen MR) is 129 cm³/mol. The second-order valence-corrected chi connectivity index (χ2v) is 8.54. The van der Waals surface area contributed by atoms with Crippen LogP contribution in [0.2, 0.25) is 0 Å². The van der Waals surface area contributed by atoms with Gasteiger partial charge in [-0.2, -0.15) is 0 Å². The number of hydrogen-bond acceptors (Lipinski definition) is 8. The summed E-state index contributed by atoms with van der Waals surface area (Å²) in [6.07, 6.45) is 0.0994. The molecule has 2 aromatic rings. The lowest BCUT2D eigenvalue weighted by Crippen LogP contribution is -2.65. The Morgan fingerprint density at radius 2 is 1.91 bits per heavy atom. The van der Waals surface area contributed by atoms with Crippen LogP contribution in [0.15, 0.2) is 65.9 Å². The molecule has 3 rings (SSSR count). The van der Waals surface area contributed by atoms with Crippen LogP contribution in [0.5, 0.6) is 0 Å². The van der Waals surface area contributed by atoms with Crippen LogP contribution in [-0.2, 0) is 20.9 Å². The molecule has 0 radical (unpaired) electrons. The maximum absolute atomic E-state index is 13.0. The van der Waals surface area contributed by atoms with Crippen LogP contribution < -0.4 is 10.9 Å². The van der Waals surface area contributed by atoms with Crippen LogP contribution in [0.25, 0.3) is 0 Å². The first-order valence-corrected chi connectivity index (χ1v) is 11.3. The number of carbonyl (C=O) groups is 2. The van der Waals surface area contributed by atoms with Crippen LogP contribution in [0.4, 0.5) is 5.69 Å². The summed E-state index contributed by atoms with van der Waals surface area (Å²) in [7, 11) is 1.88. The van der Waals surface area contributed by atoms with Crippen LogP contribution in [0, 0.1) is 10.1 Å². The van der Waals surface area contributed by atoms with Crippen LogP contribution in [0.1, 0.15) is 37.3 Å². The van der Waals surface area contributed by atoms with Crippen LogP contribution in [0.3, 0.4) is 0 Å². The third-order valence-electron chi connectivity index (χ3n) is 6.13. The Balaban J connectivity index is 2.04. The molecule has 186 valence electrons. The van der Waals surface area contributed by atoms with E-state index in [1.807, 2.05) is 42.3 Å². The van der Waals surface area contributed by atoms with Crippen molar-refractivity contribution in [3.63, 3.8) is 0 Å². The normalized spacial score (nSPS) is 19.8. The highest BCUT2D eigenvalue weighted by molar-refractivity contribution is 5.95. The highest BCUT2D eigenvalue weighted by Gasteiger charge is 2.53. The van der Waals surface area contributed by atoms with E-state index < -0.39 is 28.3 Å². The van der Waals surface area contributed by atoms with Crippen molar-refractivity contribution in [1.29, 1.82) is 0 Å². The van der Waals surface area contributed by atoms with Gasteiger partial charge in [0, 0.05) is 36.8 Å². The Hall–Kier alpha value is -3.76. The molecule has 3 N–H and O–H groups in total. The zero-order valence-corrected chi connectivity index (χ0v) is 20.0. The van der Waals surface area contributed by atoms with E-state index in [1.54, 1.807) is 19.9 Å². The molecule has 1 heterocycles. The molecular weight excluding hydrogens is 452 g/mol. The molecule has 10 nitrogen and oxygen atoms in total. The Bertz CT molecular complexity index is 1120. The molecule has 35 heavy (non-hydrogen) atoms. The highest BCUT2D eigenvalue weighted by Crippen LogP contribution is 2.42. The fraction of sp³-hybridized carbons (Fsp3) is 0.360. The second-order valence-electron chi connectivity index (χ2n) is 8.54. The number of benzene rings is 2. The monoisotopic (exact) mass is 482 g/mol. The summed E-state index contributed by atoms with van der Waals surface area (Å²) in [5, 5.41) is 21.9. The number of non-ortho nitro benzene ring substituents is 1. The number of aliphatic carboxylic acids is 1. The van der Waals surface area contributed by atoms with Crippen LogP contribution in [-0.4, -0.2) is 52.6 Å². The molecule has 2 unspecified atom stereocenters. The molecule has 1 aliphatic heterocycles. The number of ether oxygens (including phenoxy) is 1. The molecule has 0 amide bonds. The van der Waals surface area contributed by atoms with E-state index in [0.717, 1.165) is 5.56 Å². The zero-order valence-electron chi connectivity index (χ0n) is 20.0. The lowest BCUT2D eigenvalue weighted by molar-refractivity contribution is -0.384. The number of carbonyl (C=O) groups excluding carboxylic acids is 1. The lowest BCUT2D eigenvalue weighted by Gasteiger charge is -2.44. The molecule has 1 aliphatic rings. The van der Waals surface area contributed by atoms with Crippen molar-refractivity contribution < 1.29 is 24.4 Å². The quantitative estimate of drug-likeness (QED) is 0.265. The molecule has 0 aliphatic carbocycles. The van der Waals surface area contributed by atoms with E-state index in [1.165, 1.54) is 18.2 Å². The van der Waals surface area contributed by atoms with Gasteiger partial charge >= 0.3 is 11.9 Å². The Labute approximate surface area is 203 Å². The largest absolute Gasteiger partial charge is 0.480 e. The second kappa shape index (κ2) is 11.1. The van der Waals surface area contributed by atoms with Gasteiger partial charge in [-0.25, -0.2) is 10.2 Å². The first kappa shape index (κ1) is 25.9. The summed E-state index contributed by atoms with van der Waals surface area (Å²) < 4.78 is 5.26. The number of hydrogen-bond donors (Lipinski definition) is 3. The van der Waals surface area contributed by atoms with Gasteiger partial charge in [-0.1, -0.05) is 42.5 Å². The number of esters is 1. The molecule has 0 bridgehead atoms. The number of nitrogens with zero attached hydrogens (tertiary/aromatic N) is 2. The van der Waals surface area contributed by atoms with E-state index in [2.05, 4.69) is 10.9 Å². The first-order valence-electron chi connectivity index (χ1n) is 11.3. The molecule has 2 aromatic carbocycles. The van der Waals surface area contributed by atoms with Crippen molar-refractivity contribution >= 4 is 17.6 Å². The Morgan fingerprint density at radius 1 is 1.20 bits per heavy atom. The SMILES string of the molecule is CCOC(=O)C1=C(C)NNC(CCN(C)Cc2ccccc2)(C(=O)O)C1c1cccc([N+](=O)[O-])c1. The number of nitrogens with one attached hydrogen (secondary N) is 2.